The molecule has 0 saturated carbocycles. The Morgan fingerprint density at radius 2 is 1.90 bits per heavy atom. The summed E-state index contributed by atoms with van der Waals surface area (Å²) in [4.78, 5) is 0. The van der Waals surface area contributed by atoms with Crippen molar-refractivity contribution in [2.45, 2.75) is 45.7 Å². The van der Waals surface area contributed by atoms with E-state index in [0.717, 1.165) is 23.0 Å². The van der Waals surface area contributed by atoms with Crippen LogP contribution in [0.1, 0.15) is 45.2 Å². The Morgan fingerprint density at radius 1 is 1.19 bits per heavy atom. The fourth-order valence-corrected chi connectivity index (χ4v) is 3.77. The fraction of sp³-hybridized carbons (Fsp3) is 0.600. The van der Waals surface area contributed by atoms with E-state index in [9.17, 15) is 8.42 Å². The molecule has 0 fully saturated rings. The number of rotatable bonds is 9. The minimum absolute atomic E-state index is 0.172. The van der Waals surface area contributed by atoms with Crippen LogP contribution in [-0.2, 0) is 10.0 Å². The van der Waals surface area contributed by atoms with Crippen LogP contribution in [0.5, 0.6) is 0 Å². The Balaban J connectivity index is 2.41. The topological polar surface area (TPSA) is 58.2 Å². The molecule has 0 aliphatic heterocycles. The number of hydrogen-bond donors (Lipinski definition) is 2. The van der Waals surface area contributed by atoms with Gasteiger partial charge in [0.15, 0.2) is 0 Å². The monoisotopic (exact) mass is 376 g/mol. The van der Waals surface area contributed by atoms with Gasteiger partial charge in [0.2, 0.25) is 10.0 Å². The molecule has 1 aromatic carbocycles. The summed E-state index contributed by atoms with van der Waals surface area (Å²) in [5.41, 5.74) is 0.953. The number of sulfonamides is 1. The van der Waals surface area contributed by atoms with Gasteiger partial charge in [-0.05, 0) is 44.0 Å². The van der Waals surface area contributed by atoms with Crippen molar-refractivity contribution in [1.82, 2.24) is 10.0 Å². The SMILES string of the molecule is CC(C)NCCCCS(=O)(=O)NC(C)c1cccc(Br)c1. The summed E-state index contributed by atoms with van der Waals surface area (Å²) in [7, 11) is -3.24. The third kappa shape index (κ3) is 7.95. The molecule has 0 bridgehead atoms. The average Bonchev–Trinajstić information content (AvgIpc) is 2.37. The van der Waals surface area contributed by atoms with E-state index in [4.69, 9.17) is 0 Å². The first-order valence-electron chi connectivity index (χ1n) is 7.29. The van der Waals surface area contributed by atoms with Crippen molar-refractivity contribution in [3.05, 3.63) is 34.3 Å². The number of benzene rings is 1. The van der Waals surface area contributed by atoms with Crippen LogP contribution < -0.4 is 10.0 Å². The van der Waals surface area contributed by atoms with Gasteiger partial charge in [0.25, 0.3) is 0 Å². The minimum Gasteiger partial charge on any atom is -0.315 e. The van der Waals surface area contributed by atoms with Crippen molar-refractivity contribution in [1.29, 1.82) is 0 Å². The summed E-state index contributed by atoms with van der Waals surface area (Å²) in [6, 6.07) is 7.90. The van der Waals surface area contributed by atoms with Gasteiger partial charge in [-0.25, -0.2) is 13.1 Å². The summed E-state index contributed by atoms with van der Waals surface area (Å²) < 4.78 is 27.8. The third-order valence-corrected chi connectivity index (χ3v) is 5.13. The molecule has 1 rings (SSSR count). The first-order chi connectivity index (χ1) is 9.80. The van der Waals surface area contributed by atoms with E-state index in [1.807, 2.05) is 31.2 Å². The van der Waals surface area contributed by atoms with Gasteiger partial charge in [-0.2, -0.15) is 0 Å². The Kier molecular flexibility index (Phi) is 7.87. The summed E-state index contributed by atoms with van der Waals surface area (Å²) >= 11 is 3.40. The number of nitrogens with one attached hydrogen (secondary N) is 2. The van der Waals surface area contributed by atoms with Gasteiger partial charge >= 0.3 is 0 Å². The zero-order valence-electron chi connectivity index (χ0n) is 12.9. The average molecular weight is 377 g/mol. The van der Waals surface area contributed by atoms with Gasteiger partial charge in [-0.1, -0.05) is 41.9 Å². The Hall–Kier alpha value is -0.430. The first-order valence-corrected chi connectivity index (χ1v) is 9.73. The molecular formula is C15H25BrN2O2S. The van der Waals surface area contributed by atoms with Crippen molar-refractivity contribution in [3.63, 3.8) is 0 Å². The van der Waals surface area contributed by atoms with Crippen LogP contribution in [0.2, 0.25) is 0 Å². The van der Waals surface area contributed by atoms with E-state index in [-0.39, 0.29) is 11.8 Å². The van der Waals surface area contributed by atoms with Crippen molar-refractivity contribution in [2.24, 2.45) is 0 Å². The zero-order chi connectivity index (χ0) is 15.9. The maximum absolute atomic E-state index is 12.1. The molecule has 0 saturated heterocycles. The van der Waals surface area contributed by atoms with Crippen LogP contribution in [-0.4, -0.2) is 26.8 Å². The molecule has 6 heteroatoms. The molecule has 21 heavy (non-hydrogen) atoms. The van der Waals surface area contributed by atoms with Gasteiger partial charge in [0.05, 0.1) is 5.75 Å². The second-order valence-electron chi connectivity index (χ2n) is 5.53. The van der Waals surface area contributed by atoms with Gasteiger partial charge in [-0.3, -0.25) is 0 Å². The van der Waals surface area contributed by atoms with E-state index in [2.05, 4.69) is 39.8 Å². The van der Waals surface area contributed by atoms with Crippen molar-refractivity contribution in [3.8, 4) is 0 Å². The summed E-state index contributed by atoms with van der Waals surface area (Å²) in [5.74, 6) is 0.172. The maximum Gasteiger partial charge on any atom is 0.212 e. The van der Waals surface area contributed by atoms with E-state index in [0.29, 0.717) is 12.5 Å². The molecule has 0 aromatic heterocycles. The molecular weight excluding hydrogens is 352 g/mol. The lowest BCUT2D eigenvalue weighted by Crippen LogP contribution is -2.30. The highest BCUT2D eigenvalue weighted by Gasteiger charge is 2.15. The Bertz CT molecular complexity index is 532. The Morgan fingerprint density at radius 3 is 2.52 bits per heavy atom. The molecule has 120 valence electrons. The highest BCUT2D eigenvalue weighted by Crippen LogP contribution is 2.18. The molecule has 0 radical (unpaired) electrons. The lowest BCUT2D eigenvalue weighted by atomic mass is 10.1. The molecule has 2 N–H and O–H groups in total. The number of halogens is 1. The molecule has 4 nitrogen and oxygen atoms in total. The van der Waals surface area contributed by atoms with Crippen LogP contribution in [0.3, 0.4) is 0 Å². The largest absolute Gasteiger partial charge is 0.315 e. The molecule has 0 spiro atoms. The third-order valence-electron chi connectivity index (χ3n) is 3.10. The van der Waals surface area contributed by atoms with E-state index >= 15 is 0 Å². The summed E-state index contributed by atoms with van der Waals surface area (Å²) in [6.45, 7) is 6.88. The van der Waals surface area contributed by atoms with Crippen molar-refractivity contribution in [2.75, 3.05) is 12.3 Å². The zero-order valence-corrected chi connectivity index (χ0v) is 15.3. The van der Waals surface area contributed by atoms with Gasteiger partial charge in [-0.15, -0.1) is 0 Å². The van der Waals surface area contributed by atoms with Crippen LogP contribution in [0.15, 0.2) is 28.7 Å². The van der Waals surface area contributed by atoms with Crippen molar-refractivity contribution >= 4 is 26.0 Å². The number of hydrogen-bond acceptors (Lipinski definition) is 3. The molecule has 1 atom stereocenters. The van der Waals surface area contributed by atoms with E-state index in [1.54, 1.807) is 0 Å². The normalized spacial score (nSPS) is 13.6. The minimum atomic E-state index is -3.24. The first kappa shape index (κ1) is 18.6. The molecule has 0 aliphatic carbocycles. The maximum atomic E-state index is 12.1. The highest BCUT2D eigenvalue weighted by molar-refractivity contribution is 9.10. The van der Waals surface area contributed by atoms with Crippen LogP contribution in [0.4, 0.5) is 0 Å². The second-order valence-corrected chi connectivity index (χ2v) is 8.32. The molecule has 0 aliphatic rings. The smallest absolute Gasteiger partial charge is 0.212 e. The molecule has 0 amide bonds. The van der Waals surface area contributed by atoms with Gasteiger partial charge < -0.3 is 5.32 Å². The van der Waals surface area contributed by atoms with Crippen molar-refractivity contribution < 1.29 is 8.42 Å². The Labute approximate surface area is 136 Å². The number of unbranched alkanes of at least 4 members (excludes halogenated alkanes) is 1. The molecule has 1 aromatic rings. The van der Waals surface area contributed by atoms with E-state index in [1.165, 1.54) is 0 Å². The standard InChI is InChI=1S/C15H25BrN2O2S/c1-12(2)17-9-4-5-10-21(19,20)18-13(3)14-7-6-8-15(16)11-14/h6-8,11-13,17-18H,4-5,9-10H2,1-3H3. The molecule has 1 unspecified atom stereocenters. The van der Waals surface area contributed by atoms with Crippen LogP contribution in [0.25, 0.3) is 0 Å². The fourth-order valence-electron chi connectivity index (χ4n) is 1.98. The lowest BCUT2D eigenvalue weighted by molar-refractivity contribution is 0.549. The second kappa shape index (κ2) is 8.88. The predicted molar refractivity (Wildman–Crippen MR) is 91.9 cm³/mol. The van der Waals surface area contributed by atoms with Crippen LogP contribution >= 0.6 is 15.9 Å². The summed E-state index contributed by atoms with van der Waals surface area (Å²) in [6.07, 6.45) is 1.53. The van der Waals surface area contributed by atoms with Gasteiger partial charge in [0, 0.05) is 16.6 Å². The quantitative estimate of drug-likeness (QED) is 0.650. The predicted octanol–water partition coefficient (Wildman–Crippen LogP) is 3.21. The van der Waals surface area contributed by atoms with E-state index < -0.39 is 10.0 Å². The van der Waals surface area contributed by atoms with Gasteiger partial charge in [0.1, 0.15) is 0 Å². The van der Waals surface area contributed by atoms with Crippen LogP contribution in [0, 0.1) is 0 Å². The summed E-state index contributed by atoms with van der Waals surface area (Å²) in [5, 5.41) is 3.28. The lowest BCUT2D eigenvalue weighted by Gasteiger charge is -2.15. The molecule has 0 heterocycles. The highest BCUT2D eigenvalue weighted by atomic mass is 79.9.